The van der Waals surface area contributed by atoms with Crippen molar-refractivity contribution in [3.8, 4) is 5.75 Å². The van der Waals surface area contributed by atoms with Crippen LogP contribution in [0.5, 0.6) is 5.75 Å². The zero-order valence-corrected chi connectivity index (χ0v) is 9.65. The Kier molecular flexibility index (Phi) is 3.62. The fraction of sp³-hybridized carbons (Fsp3) is 0.429. The molecule has 0 aliphatic heterocycles. The van der Waals surface area contributed by atoms with E-state index >= 15 is 0 Å². The molecule has 1 atom stereocenters. The minimum Gasteiger partial charge on any atom is -0.497 e. The molecule has 1 N–H and O–H groups in total. The highest BCUT2D eigenvalue weighted by atomic mass is 16.5. The van der Waals surface area contributed by atoms with Gasteiger partial charge in [-0.1, -0.05) is 18.2 Å². The summed E-state index contributed by atoms with van der Waals surface area (Å²) in [6, 6.07) is 7.64. The second-order valence-corrected chi connectivity index (χ2v) is 4.20. The van der Waals surface area contributed by atoms with Gasteiger partial charge in [0.1, 0.15) is 11.9 Å². The first-order valence-electron chi connectivity index (χ1n) is 5.82. The molecule has 86 valence electrons. The van der Waals surface area contributed by atoms with Gasteiger partial charge in [0.25, 0.3) is 0 Å². The molecule has 1 aliphatic rings. The first kappa shape index (κ1) is 11.2. The number of methoxy groups -OCH3 is 1. The number of allylic oxidation sites excluding steroid dienone is 1. The summed E-state index contributed by atoms with van der Waals surface area (Å²) in [5.41, 5.74) is 2.12. The summed E-state index contributed by atoms with van der Waals surface area (Å²) in [6.07, 6.45) is 6.30. The molecule has 0 heterocycles. The normalized spacial score (nSPS) is 17.8. The summed E-state index contributed by atoms with van der Waals surface area (Å²) < 4.78 is 5.10. The molecule has 1 aromatic carbocycles. The lowest BCUT2D eigenvalue weighted by molar-refractivity contribution is 0.208. The number of aliphatic hydroxyl groups is 1. The van der Waals surface area contributed by atoms with Crippen molar-refractivity contribution in [2.75, 3.05) is 7.11 Å². The van der Waals surface area contributed by atoms with Gasteiger partial charge >= 0.3 is 0 Å². The molecule has 2 heteroatoms. The largest absolute Gasteiger partial charge is 0.497 e. The third kappa shape index (κ3) is 2.45. The SMILES string of the molecule is COc1ccc(C(O)C2=CCCCC2)cc1. The molecule has 0 aromatic heterocycles. The molecule has 0 saturated carbocycles. The van der Waals surface area contributed by atoms with E-state index in [1.165, 1.54) is 12.8 Å². The van der Waals surface area contributed by atoms with Gasteiger partial charge in [-0.05, 0) is 49.0 Å². The molecular weight excluding hydrogens is 200 g/mol. The van der Waals surface area contributed by atoms with E-state index in [-0.39, 0.29) is 0 Å². The molecule has 1 aromatic rings. The van der Waals surface area contributed by atoms with Gasteiger partial charge in [-0.3, -0.25) is 0 Å². The maximum Gasteiger partial charge on any atom is 0.118 e. The zero-order valence-electron chi connectivity index (χ0n) is 9.65. The number of rotatable bonds is 3. The Morgan fingerprint density at radius 2 is 1.94 bits per heavy atom. The molecule has 16 heavy (non-hydrogen) atoms. The average molecular weight is 218 g/mol. The Labute approximate surface area is 96.6 Å². The van der Waals surface area contributed by atoms with E-state index in [0.29, 0.717) is 0 Å². The van der Waals surface area contributed by atoms with Crippen molar-refractivity contribution in [3.05, 3.63) is 41.5 Å². The Bertz CT molecular complexity index is 365. The van der Waals surface area contributed by atoms with Crippen molar-refractivity contribution in [2.45, 2.75) is 31.8 Å². The topological polar surface area (TPSA) is 29.5 Å². The van der Waals surface area contributed by atoms with Crippen molar-refractivity contribution in [2.24, 2.45) is 0 Å². The maximum absolute atomic E-state index is 10.2. The number of hydrogen-bond acceptors (Lipinski definition) is 2. The fourth-order valence-electron chi connectivity index (χ4n) is 2.11. The zero-order chi connectivity index (χ0) is 11.4. The van der Waals surface area contributed by atoms with Crippen LogP contribution in [0.3, 0.4) is 0 Å². The Morgan fingerprint density at radius 3 is 2.50 bits per heavy atom. The van der Waals surface area contributed by atoms with Gasteiger partial charge < -0.3 is 9.84 Å². The highest BCUT2D eigenvalue weighted by Crippen LogP contribution is 2.30. The van der Waals surface area contributed by atoms with Gasteiger partial charge in [-0.15, -0.1) is 0 Å². The molecule has 0 bridgehead atoms. The van der Waals surface area contributed by atoms with Crippen molar-refractivity contribution in [3.63, 3.8) is 0 Å². The van der Waals surface area contributed by atoms with Crippen molar-refractivity contribution >= 4 is 0 Å². The highest BCUT2D eigenvalue weighted by molar-refractivity contribution is 5.32. The van der Waals surface area contributed by atoms with E-state index in [4.69, 9.17) is 4.74 Å². The minimum atomic E-state index is -0.439. The van der Waals surface area contributed by atoms with Crippen LogP contribution in [-0.2, 0) is 0 Å². The van der Waals surface area contributed by atoms with Crippen LogP contribution in [0.25, 0.3) is 0 Å². The quantitative estimate of drug-likeness (QED) is 0.789. The predicted octanol–water partition coefficient (Wildman–Crippen LogP) is 3.23. The van der Waals surface area contributed by atoms with Crippen LogP contribution in [-0.4, -0.2) is 12.2 Å². The van der Waals surface area contributed by atoms with Gasteiger partial charge in [0.15, 0.2) is 0 Å². The Morgan fingerprint density at radius 1 is 1.19 bits per heavy atom. The van der Waals surface area contributed by atoms with Crippen molar-refractivity contribution in [1.82, 2.24) is 0 Å². The van der Waals surface area contributed by atoms with Gasteiger partial charge in [-0.2, -0.15) is 0 Å². The van der Waals surface area contributed by atoms with Crippen LogP contribution in [0.15, 0.2) is 35.9 Å². The summed E-state index contributed by atoms with van der Waals surface area (Å²) in [7, 11) is 1.65. The fourth-order valence-corrected chi connectivity index (χ4v) is 2.11. The predicted molar refractivity (Wildman–Crippen MR) is 64.5 cm³/mol. The molecule has 2 rings (SSSR count). The van der Waals surface area contributed by atoms with Gasteiger partial charge in [0.2, 0.25) is 0 Å². The van der Waals surface area contributed by atoms with Crippen LogP contribution in [0, 0.1) is 0 Å². The second-order valence-electron chi connectivity index (χ2n) is 4.20. The monoisotopic (exact) mass is 218 g/mol. The van der Waals surface area contributed by atoms with E-state index in [0.717, 1.165) is 29.7 Å². The molecule has 0 spiro atoms. The minimum absolute atomic E-state index is 0.439. The second kappa shape index (κ2) is 5.17. The first-order chi connectivity index (χ1) is 7.81. The van der Waals surface area contributed by atoms with Crippen LogP contribution in [0.1, 0.15) is 37.4 Å². The number of aliphatic hydroxyl groups excluding tert-OH is 1. The summed E-state index contributed by atoms with van der Waals surface area (Å²) >= 11 is 0. The number of benzene rings is 1. The van der Waals surface area contributed by atoms with Crippen LogP contribution in [0.4, 0.5) is 0 Å². The lowest BCUT2D eigenvalue weighted by atomic mass is 9.92. The summed E-state index contributed by atoms with van der Waals surface area (Å²) in [4.78, 5) is 0. The third-order valence-corrected chi connectivity index (χ3v) is 3.11. The maximum atomic E-state index is 10.2. The highest BCUT2D eigenvalue weighted by Gasteiger charge is 2.15. The smallest absolute Gasteiger partial charge is 0.118 e. The molecule has 0 saturated heterocycles. The standard InChI is InChI=1S/C14H18O2/c1-16-13-9-7-12(8-10-13)14(15)11-5-3-2-4-6-11/h5,7-10,14-15H,2-4,6H2,1H3. The third-order valence-electron chi connectivity index (χ3n) is 3.11. The summed E-state index contributed by atoms with van der Waals surface area (Å²) in [6.45, 7) is 0. The lowest BCUT2D eigenvalue weighted by Crippen LogP contribution is -2.04. The molecule has 0 amide bonds. The van der Waals surface area contributed by atoms with E-state index in [1.54, 1.807) is 7.11 Å². The Hall–Kier alpha value is -1.28. The summed E-state index contributed by atoms with van der Waals surface area (Å²) in [5.74, 6) is 0.827. The number of ether oxygens (including phenoxy) is 1. The molecule has 0 radical (unpaired) electrons. The van der Waals surface area contributed by atoms with E-state index in [9.17, 15) is 5.11 Å². The van der Waals surface area contributed by atoms with Crippen LogP contribution < -0.4 is 4.74 Å². The van der Waals surface area contributed by atoms with Crippen LogP contribution in [0.2, 0.25) is 0 Å². The van der Waals surface area contributed by atoms with Crippen molar-refractivity contribution in [1.29, 1.82) is 0 Å². The molecule has 1 unspecified atom stereocenters. The van der Waals surface area contributed by atoms with Gasteiger partial charge in [0.05, 0.1) is 7.11 Å². The van der Waals surface area contributed by atoms with E-state index in [1.807, 2.05) is 24.3 Å². The average Bonchev–Trinajstić information content (AvgIpc) is 2.39. The van der Waals surface area contributed by atoms with Gasteiger partial charge in [-0.25, -0.2) is 0 Å². The van der Waals surface area contributed by atoms with Gasteiger partial charge in [0, 0.05) is 0 Å². The van der Waals surface area contributed by atoms with Crippen LogP contribution >= 0.6 is 0 Å². The Balaban J connectivity index is 2.13. The first-order valence-corrected chi connectivity index (χ1v) is 5.82. The number of hydrogen-bond donors (Lipinski definition) is 1. The van der Waals surface area contributed by atoms with E-state index < -0.39 is 6.10 Å². The van der Waals surface area contributed by atoms with Crippen molar-refractivity contribution < 1.29 is 9.84 Å². The molecular formula is C14H18O2. The van der Waals surface area contributed by atoms with E-state index in [2.05, 4.69) is 6.08 Å². The summed E-state index contributed by atoms with van der Waals surface area (Å²) in [5, 5.41) is 10.2. The molecule has 1 aliphatic carbocycles. The molecule has 2 nitrogen and oxygen atoms in total. The molecule has 0 fully saturated rings. The lowest BCUT2D eigenvalue weighted by Gasteiger charge is -2.19.